The first-order valence-corrected chi connectivity index (χ1v) is 38.1. The standard InChI is InChI=1S/C105H66N2O2/c1-59-29-45-97-81(49-59)82-50-60(2)30-46-98(82)106(97)67-37-43-79-73-21-9-15-27-89(73)104(95(79)57-67)87-25-13-7-19-71(87)77-41-35-65(55-93(77)104)101(108)63-33-39-75-69-17-5-11-23-85(69)103(91(75)53-63)86-24-12-6-18-70(86)76-40-34-64(54-92(76)103)102(109)66-36-42-78-72-20-8-14-26-88(72)105(94(78)56-66)90-28-16-10-22-74(90)80-44-38-68(58-96(80)105)107-99-47-31-61(3)51-83(99)84-52-62(4)32-48-100(84)107/h5-58H,1-4H3. The third-order valence-electron chi connectivity index (χ3n) is 26.0. The van der Waals surface area contributed by atoms with Crippen molar-refractivity contribution in [1.82, 2.24) is 9.13 Å². The summed E-state index contributed by atoms with van der Waals surface area (Å²) in [5.41, 5.74) is 39.5. The van der Waals surface area contributed by atoms with Crippen LogP contribution in [0.3, 0.4) is 0 Å². The Hall–Kier alpha value is -13.5. The number of carbonyl (C=O) groups excluding carboxylic acids is 2. The third kappa shape index (κ3) is 7.58. The number of hydrogen-bond donors (Lipinski definition) is 0. The number of nitrogens with zero attached hydrogens (tertiary/aromatic N) is 2. The smallest absolute Gasteiger partial charge is 0.193 e. The summed E-state index contributed by atoms with van der Waals surface area (Å²) in [4.78, 5) is 32.6. The predicted octanol–water partition coefficient (Wildman–Crippen LogP) is 24.6. The van der Waals surface area contributed by atoms with E-state index in [4.69, 9.17) is 0 Å². The molecule has 2 unspecified atom stereocenters. The van der Waals surface area contributed by atoms with E-state index in [9.17, 15) is 0 Å². The van der Waals surface area contributed by atoms with E-state index in [1.54, 1.807) is 0 Å². The van der Waals surface area contributed by atoms with Gasteiger partial charge in [-0.3, -0.25) is 9.59 Å². The summed E-state index contributed by atoms with van der Waals surface area (Å²) in [7, 11) is 0. The zero-order chi connectivity index (χ0) is 72.2. The largest absolute Gasteiger partial charge is 0.309 e. The lowest BCUT2D eigenvalue weighted by Crippen LogP contribution is -2.27. The molecule has 0 radical (unpaired) electrons. The molecule has 0 saturated carbocycles. The highest BCUT2D eigenvalue weighted by atomic mass is 16.1. The van der Waals surface area contributed by atoms with Gasteiger partial charge in [-0.05, 0) is 258 Å². The van der Waals surface area contributed by atoms with E-state index < -0.39 is 16.2 Å². The number of benzene rings is 16. The average molecular weight is 1390 g/mol. The molecule has 16 aromatic carbocycles. The van der Waals surface area contributed by atoms with Crippen molar-refractivity contribution in [1.29, 1.82) is 0 Å². The van der Waals surface area contributed by atoms with Crippen LogP contribution >= 0.6 is 0 Å². The van der Waals surface area contributed by atoms with E-state index in [2.05, 4.69) is 352 Å². The van der Waals surface area contributed by atoms with E-state index in [1.807, 2.05) is 12.1 Å². The topological polar surface area (TPSA) is 44.0 Å². The maximum atomic E-state index is 16.3. The van der Waals surface area contributed by atoms with Gasteiger partial charge in [0.05, 0.1) is 38.3 Å². The van der Waals surface area contributed by atoms with Crippen molar-refractivity contribution >= 4 is 55.2 Å². The minimum atomic E-state index is -0.871. The molecule has 2 heterocycles. The van der Waals surface area contributed by atoms with Gasteiger partial charge in [-0.1, -0.05) is 253 Å². The number of fused-ring (bicyclic) bond motifs is 36. The zero-order valence-electron chi connectivity index (χ0n) is 60.4. The highest BCUT2D eigenvalue weighted by molar-refractivity contribution is 6.15. The Labute approximate surface area is 630 Å². The first kappa shape index (κ1) is 60.7. The fourth-order valence-electron chi connectivity index (χ4n) is 21.6. The van der Waals surface area contributed by atoms with Crippen LogP contribution in [0.4, 0.5) is 0 Å². The molecule has 4 heteroatoms. The minimum absolute atomic E-state index is 0.0495. The van der Waals surface area contributed by atoms with Gasteiger partial charge in [0.25, 0.3) is 0 Å². The fraction of sp³-hybridized carbons (Fsp3) is 0.0667. The number of carbonyl (C=O) groups is 2. The minimum Gasteiger partial charge on any atom is -0.309 e. The van der Waals surface area contributed by atoms with E-state index in [0.29, 0.717) is 22.3 Å². The lowest BCUT2D eigenvalue weighted by molar-refractivity contribution is 0.103. The summed E-state index contributed by atoms with van der Waals surface area (Å²) in [5, 5.41) is 4.96. The molecular weight excluding hydrogens is 1320 g/mol. The number of rotatable bonds is 6. The molecule has 2 aromatic heterocycles. The molecule has 0 saturated heterocycles. The molecule has 0 amide bonds. The number of hydrogen-bond acceptors (Lipinski definition) is 2. The second kappa shape index (κ2) is 21.4. The summed E-state index contributed by atoms with van der Waals surface area (Å²) in [6.45, 7) is 8.71. The lowest BCUT2D eigenvalue weighted by Gasteiger charge is -2.31. The van der Waals surface area contributed by atoms with Crippen LogP contribution < -0.4 is 0 Å². The maximum absolute atomic E-state index is 16.3. The van der Waals surface area contributed by atoms with Crippen LogP contribution in [-0.4, -0.2) is 20.7 Å². The normalized spacial score (nSPS) is 17.0. The molecule has 508 valence electrons. The Kier molecular flexibility index (Phi) is 11.9. The molecule has 6 aliphatic carbocycles. The highest BCUT2D eigenvalue weighted by Crippen LogP contribution is 2.67. The van der Waals surface area contributed by atoms with Gasteiger partial charge in [-0.15, -0.1) is 0 Å². The lowest BCUT2D eigenvalue weighted by atomic mass is 9.69. The molecule has 0 fully saturated rings. The van der Waals surface area contributed by atoms with Crippen LogP contribution in [0.1, 0.15) is 121 Å². The van der Waals surface area contributed by atoms with Gasteiger partial charge in [0.15, 0.2) is 11.6 Å². The van der Waals surface area contributed by atoms with Gasteiger partial charge in [-0.25, -0.2) is 0 Å². The highest BCUT2D eigenvalue weighted by Gasteiger charge is 2.56. The summed E-state index contributed by atoms with van der Waals surface area (Å²) in [5.74, 6) is -0.0991. The monoisotopic (exact) mass is 1390 g/mol. The van der Waals surface area contributed by atoms with Crippen LogP contribution in [0, 0.1) is 27.7 Å². The van der Waals surface area contributed by atoms with Gasteiger partial charge in [0.2, 0.25) is 0 Å². The summed E-state index contributed by atoms with van der Waals surface area (Å²) >= 11 is 0. The van der Waals surface area contributed by atoms with E-state index in [0.717, 1.165) is 78.1 Å². The van der Waals surface area contributed by atoms with Crippen LogP contribution in [0.15, 0.2) is 328 Å². The van der Waals surface area contributed by atoms with Crippen molar-refractivity contribution in [3.63, 3.8) is 0 Å². The third-order valence-corrected chi connectivity index (χ3v) is 26.0. The summed E-state index contributed by atoms with van der Waals surface area (Å²) in [6, 6.07) is 121. The molecular formula is C105H66N2O2. The van der Waals surface area contributed by atoms with E-state index in [1.165, 1.54) is 133 Å². The quantitative estimate of drug-likeness (QED) is 0.156. The average Bonchev–Trinajstić information content (AvgIpc) is 1.52. The van der Waals surface area contributed by atoms with Crippen LogP contribution in [0.2, 0.25) is 0 Å². The Morgan fingerprint density at radius 1 is 0.202 bits per heavy atom. The van der Waals surface area contributed by atoms with Gasteiger partial charge < -0.3 is 9.13 Å². The zero-order valence-corrected chi connectivity index (χ0v) is 60.4. The Balaban J connectivity index is 0.649. The van der Waals surface area contributed by atoms with Gasteiger partial charge >= 0.3 is 0 Å². The number of aryl methyl sites for hydroxylation is 4. The van der Waals surface area contributed by atoms with Crippen LogP contribution in [0.25, 0.3) is 122 Å². The second-order valence-corrected chi connectivity index (χ2v) is 31.4. The predicted molar refractivity (Wildman–Crippen MR) is 443 cm³/mol. The fourth-order valence-corrected chi connectivity index (χ4v) is 21.6. The molecule has 2 atom stereocenters. The molecule has 109 heavy (non-hydrogen) atoms. The van der Waals surface area contributed by atoms with Crippen LogP contribution in [-0.2, 0) is 16.2 Å². The Morgan fingerprint density at radius 3 is 0.642 bits per heavy atom. The summed E-state index contributed by atoms with van der Waals surface area (Å²) < 4.78 is 4.89. The maximum Gasteiger partial charge on any atom is 0.193 e. The SMILES string of the molecule is Cc1ccc2c(c1)c1cc(C)ccc1n2-c1ccc2c(c1)C1(c3ccccc3-c3ccc(C(=O)c4ccc5c(c4)C4(c6ccccc6-5)c5ccccc5-c5ccc(C(=O)c6ccc7c(c6)C6(c8ccccc8-7)c7ccccc7-c7ccc(-n8c9ccc(C)cc9c9cc(C)ccc98)cc76)cc54)cc31)c1ccccc1-2. The molecule has 18 aromatic rings. The Morgan fingerprint density at radius 2 is 0.404 bits per heavy atom. The molecule has 0 N–H and O–H groups in total. The van der Waals surface area contributed by atoms with Crippen molar-refractivity contribution in [2.24, 2.45) is 0 Å². The van der Waals surface area contributed by atoms with Crippen molar-refractivity contribution in [3.05, 3.63) is 439 Å². The molecule has 0 aliphatic heterocycles. The van der Waals surface area contributed by atoms with Crippen molar-refractivity contribution < 1.29 is 9.59 Å². The first-order valence-electron chi connectivity index (χ1n) is 38.1. The van der Waals surface area contributed by atoms with Gasteiger partial charge in [0.1, 0.15) is 0 Å². The molecule has 4 nitrogen and oxygen atoms in total. The van der Waals surface area contributed by atoms with Gasteiger partial charge in [-0.2, -0.15) is 0 Å². The first-order chi connectivity index (χ1) is 53.5. The van der Waals surface area contributed by atoms with Crippen molar-refractivity contribution in [2.75, 3.05) is 0 Å². The second-order valence-electron chi connectivity index (χ2n) is 31.4. The van der Waals surface area contributed by atoms with Crippen molar-refractivity contribution in [3.8, 4) is 78.1 Å². The summed E-state index contributed by atoms with van der Waals surface area (Å²) in [6.07, 6.45) is 0. The molecule has 3 spiro atoms. The van der Waals surface area contributed by atoms with E-state index in [-0.39, 0.29) is 11.6 Å². The van der Waals surface area contributed by atoms with Gasteiger partial charge in [0, 0.05) is 55.2 Å². The molecule has 0 bridgehead atoms. The Bertz CT molecular complexity index is 6710. The van der Waals surface area contributed by atoms with E-state index >= 15 is 9.59 Å². The number of aromatic nitrogens is 2. The van der Waals surface area contributed by atoms with Crippen LogP contribution in [0.5, 0.6) is 0 Å². The molecule has 6 aliphatic rings. The van der Waals surface area contributed by atoms with Crippen molar-refractivity contribution in [2.45, 2.75) is 43.9 Å². The molecule has 24 rings (SSSR count). The number of ketones is 2.